The lowest BCUT2D eigenvalue weighted by Crippen LogP contribution is -1.95. The Morgan fingerprint density at radius 1 is 1.54 bits per heavy atom. The molecule has 0 amide bonds. The first-order valence-corrected chi connectivity index (χ1v) is 4.50. The molecule has 2 nitrogen and oxygen atoms in total. The number of nitrogen functional groups attached to an aromatic ring is 1. The second-order valence-corrected chi connectivity index (χ2v) is 3.46. The highest BCUT2D eigenvalue weighted by Crippen LogP contribution is 2.20. The van der Waals surface area contributed by atoms with Crippen LogP contribution in [-0.2, 0) is 11.2 Å². The molecule has 2 N–H and O–H groups in total. The monoisotopic (exact) mass is 197 g/mol. The van der Waals surface area contributed by atoms with Crippen molar-refractivity contribution in [1.82, 2.24) is 0 Å². The quantitative estimate of drug-likeness (QED) is 0.757. The van der Waals surface area contributed by atoms with E-state index in [0.717, 1.165) is 5.56 Å². The predicted molar refractivity (Wildman–Crippen MR) is 54.9 cm³/mol. The molecule has 1 rings (SSSR count). The maximum Gasteiger partial charge on any atom is 0.130 e. The number of aryl methyl sites for hydroxylation is 1. The molecule has 0 unspecified atom stereocenters. The summed E-state index contributed by atoms with van der Waals surface area (Å²) < 4.78 is 0. The largest absolute Gasteiger partial charge is 0.399 e. The van der Waals surface area contributed by atoms with Crippen molar-refractivity contribution in [3.8, 4) is 0 Å². The third-order valence-corrected chi connectivity index (χ3v) is 2.18. The molecule has 13 heavy (non-hydrogen) atoms. The molecule has 0 aliphatic heterocycles. The summed E-state index contributed by atoms with van der Waals surface area (Å²) in [5.41, 5.74) is 7.16. The van der Waals surface area contributed by atoms with Crippen LogP contribution in [-0.4, -0.2) is 5.78 Å². The highest BCUT2D eigenvalue weighted by atomic mass is 35.5. The Bertz CT molecular complexity index is 323. The second-order valence-electron chi connectivity index (χ2n) is 3.05. The van der Waals surface area contributed by atoms with E-state index in [1.807, 2.05) is 6.07 Å². The second kappa shape index (κ2) is 4.28. The molecule has 0 aliphatic carbocycles. The molecule has 0 radical (unpaired) electrons. The lowest BCUT2D eigenvalue weighted by atomic mass is 10.1. The summed E-state index contributed by atoms with van der Waals surface area (Å²) in [5, 5.41) is 0.640. The van der Waals surface area contributed by atoms with Gasteiger partial charge in [-0.25, -0.2) is 0 Å². The molecule has 0 spiro atoms. The van der Waals surface area contributed by atoms with E-state index in [-0.39, 0.29) is 5.78 Å². The first-order chi connectivity index (χ1) is 6.09. The highest BCUT2D eigenvalue weighted by Gasteiger charge is 2.01. The van der Waals surface area contributed by atoms with Gasteiger partial charge < -0.3 is 10.5 Å². The number of carbonyl (C=O) groups is 1. The number of halogens is 1. The normalized spacial score (nSPS) is 10.0. The van der Waals surface area contributed by atoms with Crippen LogP contribution in [0.15, 0.2) is 18.2 Å². The van der Waals surface area contributed by atoms with Crippen LogP contribution in [0, 0.1) is 0 Å². The maximum absolute atomic E-state index is 10.7. The SMILES string of the molecule is CC(=O)CCc1ccc(N)cc1Cl. The van der Waals surface area contributed by atoms with Crippen molar-refractivity contribution in [1.29, 1.82) is 0 Å². The van der Waals surface area contributed by atoms with Gasteiger partial charge >= 0.3 is 0 Å². The fourth-order valence-corrected chi connectivity index (χ4v) is 1.36. The Kier molecular flexibility index (Phi) is 3.32. The van der Waals surface area contributed by atoms with Crippen molar-refractivity contribution in [3.05, 3.63) is 28.8 Å². The van der Waals surface area contributed by atoms with Gasteiger partial charge in [0.1, 0.15) is 5.78 Å². The molecule has 3 heteroatoms. The lowest BCUT2D eigenvalue weighted by Gasteiger charge is -2.03. The Hall–Kier alpha value is -1.02. The summed E-state index contributed by atoms with van der Waals surface area (Å²) in [6, 6.07) is 5.36. The molecular formula is C10H12ClNO. The zero-order valence-corrected chi connectivity index (χ0v) is 8.27. The van der Waals surface area contributed by atoms with Crippen molar-refractivity contribution in [2.24, 2.45) is 0 Å². The van der Waals surface area contributed by atoms with E-state index in [2.05, 4.69) is 0 Å². The molecule has 0 fully saturated rings. The van der Waals surface area contributed by atoms with Crippen molar-refractivity contribution in [2.75, 3.05) is 5.73 Å². The van der Waals surface area contributed by atoms with Crippen molar-refractivity contribution >= 4 is 23.1 Å². The van der Waals surface area contributed by atoms with Gasteiger partial charge in [0.2, 0.25) is 0 Å². The summed E-state index contributed by atoms with van der Waals surface area (Å²) in [7, 11) is 0. The number of anilines is 1. The summed E-state index contributed by atoms with van der Waals surface area (Å²) in [6.45, 7) is 1.57. The smallest absolute Gasteiger partial charge is 0.130 e. The van der Waals surface area contributed by atoms with Gasteiger partial charge in [-0.15, -0.1) is 0 Å². The topological polar surface area (TPSA) is 43.1 Å². The minimum absolute atomic E-state index is 0.174. The lowest BCUT2D eigenvalue weighted by molar-refractivity contribution is -0.116. The standard InChI is InChI=1S/C10H12ClNO/c1-7(13)2-3-8-4-5-9(12)6-10(8)11/h4-6H,2-3,12H2,1H3. The third kappa shape index (κ3) is 3.07. The number of ketones is 1. The van der Waals surface area contributed by atoms with E-state index >= 15 is 0 Å². The van der Waals surface area contributed by atoms with Gasteiger partial charge in [0, 0.05) is 17.1 Å². The van der Waals surface area contributed by atoms with Crippen LogP contribution in [0.25, 0.3) is 0 Å². The van der Waals surface area contributed by atoms with Crippen LogP contribution < -0.4 is 5.73 Å². The summed E-state index contributed by atoms with van der Waals surface area (Å²) in [5.74, 6) is 0.174. The number of nitrogens with two attached hydrogens (primary N) is 1. The summed E-state index contributed by atoms with van der Waals surface area (Å²) in [6.07, 6.45) is 1.22. The van der Waals surface area contributed by atoms with Crippen molar-refractivity contribution in [2.45, 2.75) is 19.8 Å². The molecule has 70 valence electrons. The minimum atomic E-state index is 0.174. The zero-order valence-electron chi connectivity index (χ0n) is 7.51. The van der Waals surface area contributed by atoms with E-state index in [1.165, 1.54) is 0 Å². The molecule has 0 atom stereocenters. The molecule has 0 aliphatic rings. The molecule has 0 heterocycles. The summed E-state index contributed by atoms with van der Waals surface area (Å²) >= 11 is 5.92. The van der Waals surface area contributed by atoms with Crippen LogP contribution >= 0.6 is 11.6 Å². The molecule has 0 aromatic heterocycles. The minimum Gasteiger partial charge on any atom is -0.399 e. The van der Waals surface area contributed by atoms with Crippen LogP contribution in [0.2, 0.25) is 5.02 Å². The van der Waals surface area contributed by atoms with Gasteiger partial charge in [-0.3, -0.25) is 0 Å². The van der Waals surface area contributed by atoms with E-state index < -0.39 is 0 Å². The average molecular weight is 198 g/mol. The van der Waals surface area contributed by atoms with E-state index in [9.17, 15) is 4.79 Å². The number of hydrogen-bond acceptors (Lipinski definition) is 2. The Morgan fingerprint density at radius 3 is 2.77 bits per heavy atom. The Morgan fingerprint density at radius 2 is 2.23 bits per heavy atom. The first-order valence-electron chi connectivity index (χ1n) is 4.13. The van der Waals surface area contributed by atoms with Gasteiger partial charge in [0.05, 0.1) is 0 Å². The molecule has 1 aromatic rings. The Labute approximate surface area is 82.7 Å². The number of rotatable bonds is 3. The van der Waals surface area contributed by atoms with E-state index in [1.54, 1.807) is 19.1 Å². The number of Topliss-reactive ketones (excluding diaryl/α,β-unsaturated/α-hetero) is 1. The third-order valence-electron chi connectivity index (χ3n) is 1.82. The van der Waals surface area contributed by atoms with Crippen LogP contribution in [0.1, 0.15) is 18.9 Å². The van der Waals surface area contributed by atoms with E-state index in [0.29, 0.717) is 23.6 Å². The Balaban J connectivity index is 2.72. The average Bonchev–Trinajstić information content (AvgIpc) is 2.02. The molecule has 1 aromatic carbocycles. The van der Waals surface area contributed by atoms with Gasteiger partial charge in [0.25, 0.3) is 0 Å². The van der Waals surface area contributed by atoms with Crippen LogP contribution in [0.5, 0.6) is 0 Å². The first kappa shape index (κ1) is 10.1. The number of carbonyl (C=O) groups excluding carboxylic acids is 1. The fraction of sp³-hybridized carbons (Fsp3) is 0.300. The van der Waals surface area contributed by atoms with Gasteiger partial charge in [-0.2, -0.15) is 0 Å². The number of benzene rings is 1. The molecule has 0 saturated carbocycles. The van der Waals surface area contributed by atoms with Gasteiger partial charge in [-0.1, -0.05) is 17.7 Å². The fourth-order valence-electron chi connectivity index (χ4n) is 1.08. The molecule has 0 saturated heterocycles. The van der Waals surface area contributed by atoms with Crippen LogP contribution in [0.4, 0.5) is 5.69 Å². The van der Waals surface area contributed by atoms with Gasteiger partial charge in [0.15, 0.2) is 0 Å². The highest BCUT2D eigenvalue weighted by molar-refractivity contribution is 6.31. The predicted octanol–water partition coefficient (Wildman–Crippen LogP) is 2.44. The van der Waals surface area contributed by atoms with Crippen LogP contribution in [0.3, 0.4) is 0 Å². The summed E-state index contributed by atoms with van der Waals surface area (Å²) in [4.78, 5) is 10.7. The van der Waals surface area contributed by atoms with Gasteiger partial charge in [-0.05, 0) is 31.0 Å². The molecular weight excluding hydrogens is 186 g/mol. The van der Waals surface area contributed by atoms with Crippen molar-refractivity contribution < 1.29 is 4.79 Å². The zero-order chi connectivity index (χ0) is 9.84. The van der Waals surface area contributed by atoms with E-state index in [4.69, 9.17) is 17.3 Å². The molecule has 0 bridgehead atoms. The number of hydrogen-bond donors (Lipinski definition) is 1. The van der Waals surface area contributed by atoms with Crippen molar-refractivity contribution in [3.63, 3.8) is 0 Å². The maximum atomic E-state index is 10.7.